The van der Waals surface area contributed by atoms with Gasteiger partial charge in [0.1, 0.15) is 5.01 Å². The number of rotatable bonds is 4. The van der Waals surface area contributed by atoms with Crippen molar-refractivity contribution in [1.82, 2.24) is 15.3 Å². The average Bonchev–Trinajstić information content (AvgIpc) is 2.80. The van der Waals surface area contributed by atoms with E-state index in [1.165, 1.54) is 0 Å². The molecule has 0 saturated carbocycles. The molecule has 0 aliphatic carbocycles. The van der Waals surface area contributed by atoms with E-state index in [0.717, 1.165) is 22.8 Å². The zero-order valence-corrected chi connectivity index (χ0v) is 10.3. The predicted molar refractivity (Wildman–Crippen MR) is 67.4 cm³/mol. The van der Waals surface area contributed by atoms with E-state index in [1.807, 2.05) is 12.1 Å². The first-order chi connectivity index (χ1) is 7.81. The van der Waals surface area contributed by atoms with Crippen LogP contribution in [0.2, 0.25) is 0 Å². The Kier molecular flexibility index (Phi) is 3.64. The van der Waals surface area contributed by atoms with Gasteiger partial charge in [-0.3, -0.25) is 4.98 Å². The summed E-state index contributed by atoms with van der Waals surface area (Å²) in [5.74, 6) is 0. The summed E-state index contributed by atoms with van der Waals surface area (Å²) in [7, 11) is 0. The van der Waals surface area contributed by atoms with Gasteiger partial charge < -0.3 is 5.32 Å². The molecule has 3 nitrogen and oxygen atoms in total. The van der Waals surface area contributed by atoms with Gasteiger partial charge >= 0.3 is 0 Å². The Bertz CT molecular complexity index is 439. The van der Waals surface area contributed by atoms with Gasteiger partial charge in [0.25, 0.3) is 0 Å². The first kappa shape index (κ1) is 11.2. The lowest BCUT2D eigenvalue weighted by molar-refractivity contribution is 0.587. The van der Waals surface area contributed by atoms with Crippen molar-refractivity contribution in [3.05, 3.63) is 35.6 Å². The Labute approximate surface area is 99.6 Å². The maximum atomic E-state index is 4.63. The van der Waals surface area contributed by atoms with Gasteiger partial charge in [-0.15, -0.1) is 11.3 Å². The van der Waals surface area contributed by atoms with Gasteiger partial charge in [-0.1, -0.05) is 6.92 Å². The third kappa shape index (κ3) is 2.46. The summed E-state index contributed by atoms with van der Waals surface area (Å²) in [5, 5.41) is 6.53. The topological polar surface area (TPSA) is 37.8 Å². The average molecular weight is 233 g/mol. The van der Waals surface area contributed by atoms with Crippen molar-refractivity contribution in [3.63, 3.8) is 0 Å². The SMILES string of the molecule is CCNC(C)c1csc(-c2ccncc2)n1. The van der Waals surface area contributed by atoms with Gasteiger partial charge in [0, 0.05) is 29.4 Å². The van der Waals surface area contributed by atoms with E-state index in [0.29, 0.717) is 6.04 Å². The highest BCUT2D eigenvalue weighted by molar-refractivity contribution is 7.13. The molecule has 0 saturated heterocycles. The number of nitrogens with zero attached hydrogens (tertiary/aromatic N) is 2. The number of thiazole rings is 1. The highest BCUT2D eigenvalue weighted by Gasteiger charge is 2.09. The van der Waals surface area contributed by atoms with E-state index in [-0.39, 0.29) is 0 Å². The molecule has 2 heterocycles. The largest absolute Gasteiger partial charge is 0.309 e. The molecule has 0 amide bonds. The van der Waals surface area contributed by atoms with E-state index >= 15 is 0 Å². The van der Waals surface area contributed by atoms with Crippen molar-refractivity contribution < 1.29 is 0 Å². The number of hydrogen-bond acceptors (Lipinski definition) is 4. The highest BCUT2D eigenvalue weighted by Crippen LogP contribution is 2.25. The predicted octanol–water partition coefficient (Wildman–Crippen LogP) is 2.88. The van der Waals surface area contributed by atoms with Crippen LogP contribution in [-0.4, -0.2) is 16.5 Å². The number of hydrogen-bond donors (Lipinski definition) is 1. The van der Waals surface area contributed by atoms with Crippen molar-refractivity contribution in [2.45, 2.75) is 19.9 Å². The van der Waals surface area contributed by atoms with Crippen LogP contribution in [0, 0.1) is 0 Å². The second-order valence-corrected chi connectivity index (χ2v) is 4.45. The van der Waals surface area contributed by atoms with E-state index < -0.39 is 0 Å². The van der Waals surface area contributed by atoms with Crippen LogP contribution in [0.5, 0.6) is 0 Å². The minimum absolute atomic E-state index is 0.317. The Morgan fingerprint density at radius 3 is 2.81 bits per heavy atom. The zero-order chi connectivity index (χ0) is 11.4. The van der Waals surface area contributed by atoms with E-state index in [2.05, 4.69) is 34.5 Å². The molecular weight excluding hydrogens is 218 g/mol. The van der Waals surface area contributed by atoms with Gasteiger partial charge in [-0.2, -0.15) is 0 Å². The highest BCUT2D eigenvalue weighted by atomic mass is 32.1. The minimum Gasteiger partial charge on any atom is -0.309 e. The summed E-state index contributed by atoms with van der Waals surface area (Å²) in [6, 6.07) is 4.29. The molecule has 0 aliphatic heterocycles. The van der Waals surface area contributed by atoms with Gasteiger partial charge in [0.05, 0.1) is 5.69 Å². The normalized spacial score (nSPS) is 12.6. The molecule has 0 spiro atoms. The fourth-order valence-corrected chi connectivity index (χ4v) is 2.44. The molecule has 0 aliphatic rings. The van der Waals surface area contributed by atoms with Crippen molar-refractivity contribution in [2.24, 2.45) is 0 Å². The maximum Gasteiger partial charge on any atom is 0.123 e. The van der Waals surface area contributed by atoms with Crippen molar-refractivity contribution in [1.29, 1.82) is 0 Å². The molecule has 1 atom stereocenters. The van der Waals surface area contributed by atoms with E-state index in [9.17, 15) is 0 Å². The standard InChI is InChI=1S/C12H15N3S/c1-3-14-9(2)11-8-16-12(15-11)10-4-6-13-7-5-10/h4-9,14H,3H2,1-2H3. The molecule has 2 aromatic heterocycles. The zero-order valence-electron chi connectivity index (χ0n) is 9.47. The van der Waals surface area contributed by atoms with Gasteiger partial charge in [-0.25, -0.2) is 4.98 Å². The summed E-state index contributed by atoms with van der Waals surface area (Å²) in [6.45, 7) is 5.20. The van der Waals surface area contributed by atoms with Gasteiger partial charge in [0.15, 0.2) is 0 Å². The van der Waals surface area contributed by atoms with Crippen LogP contribution in [0.4, 0.5) is 0 Å². The molecule has 0 fully saturated rings. The maximum absolute atomic E-state index is 4.63. The third-order valence-corrected chi connectivity index (χ3v) is 3.31. The van der Waals surface area contributed by atoms with E-state index in [1.54, 1.807) is 23.7 Å². The van der Waals surface area contributed by atoms with Crippen molar-refractivity contribution in [2.75, 3.05) is 6.54 Å². The molecule has 2 aromatic rings. The van der Waals surface area contributed by atoms with Crippen LogP contribution in [0.15, 0.2) is 29.9 Å². The van der Waals surface area contributed by atoms with Crippen LogP contribution >= 0.6 is 11.3 Å². The van der Waals surface area contributed by atoms with Crippen molar-refractivity contribution in [3.8, 4) is 10.6 Å². The first-order valence-corrected chi connectivity index (χ1v) is 6.28. The lowest BCUT2D eigenvalue weighted by Crippen LogP contribution is -2.17. The number of pyridine rings is 1. The third-order valence-electron chi connectivity index (χ3n) is 2.40. The number of aromatic nitrogens is 2. The fourth-order valence-electron chi connectivity index (χ4n) is 1.52. The Balaban J connectivity index is 2.20. The summed E-state index contributed by atoms with van der Waals surface area (Å²) in [6.07, 6.45) is 3.59. The minimum atomic E-state index is 0.317. The van der Waals surface area contributed by atoms with E-state index in [4.69, 9.17) is 0 Å². The first-order valence-electron chi connectivity index (χ1n) is 5.40. The smallest absolute Gasteiger partial charge is 0.123 e. The second kappa shape index (κ2) is 5.18. The number of nitrogens with one attached hydrogen (secondary N) is 1. The van der Waals surface area contributed by atoms with Gasteiger partial charge in [-0.05, 0) is 25.6 Å². The molecule has 84 valence electrons. The molecule has 4 heteroatoms. The Morgan fingerprint density at radius 1 is 1.38 bits per heavy atom. The lowest BCUT2D eigenvalue weighted by Gasteiger charge is -2.08. The Hall–Kier alpha value is -1.26. The molecular formula is C12H15N3S. The van der Waals surface area contributed by atoms with Crippen molar-refractivity contribution >= 4 is 11.3 Å². The molecule has 16 heavy (non-hydrogen) atoms. The quantitative estimate of drug-likeness (QED) is 0.882. The second-order valence-electron chi connectivity index (χ2n) is 3.59. The molecule has 0 aromatic carbocycles. The summed E-state index contributed by atoms with van der Waals surface area (Å²) >= 11 is 1.68. The van der Waals surface area contributed by atoms with Crippen LogP contribution in [-0.2, 0) is 0 Å². The van der Waals surface area contributed by atoms with Gasteiger partial charge in [0.2, 0.25) is 0 Å². The summed E-state index contributed by atoms with van der Waals surface area (Å²) in [5.41, 5.74) is 2.24. The van der Waals surface area contributed by atoms with Crippen LogP contribution in [0.25, 0.3) is 10.6 Å². The molecule has 0 radical (unpaired) electrons. The molecule has 1 unspecified atom stereocenters. The summed E-state index contributed by atoms with van der Waals surface area (Å²) < 4.78 is 0. The van der Waals surface area contributed by atoms with Crippen LogP contribution < -0.4 is 5.32 Å². The lowest BCUT2D eigenvalue weighted by atomic mass is 10.2. The summed E-state index contributed by atoms with van der Waals surface area (Å²) in [4.78, 5) is 8.63. The fraction of sp³-hybridized carbons (Fsp3) is 0.333. The van der Waals surface area contributed by atoms with Crippen LogP contribution in [0.3, 0.4) is 0 Å². The molecule has 2 rings (SSSR count). The molecule has 1 N–H and O–H groups in total. The Morgan fingerprint density at radius 2 is 2.12 bits per heavy atom. The monoisotopic (exact) mass is 233 g/mol. The molecule has 0 bridgehead atoms. The van der Waals surface area contributed by atoms with Crippen LogP contribution in [0.1, 0.15) is 25.6 Å².